The molecule has 41 heavy (non-hydrogen) atoms. The molecule has 0 saturated heterocycles. The third-order valence-corrected chi connectivity index (χ3v) is 7.54. The van der Waals surface area contributed by atoms with Gasteiger partial charge in [0.25, 0.3) is 11.8 Å². The highest BCUT2D eigenvalue weighted by atomic mass is 32.1. The number of aryl methyl sites for hydroxylation is 2. The Bertz CT molecular complexity index is 1830. The highest BCUT2D eigenvalue weighted by molar-refractivity contribution is 7.23. The first-order valence-corrected chi connectivity index (χ1v) is 13.2. The van der Waals surface area contributed by atoms with Gasteiger partial charge in [0.1, 0.15) is 18.2 Å². The van der Waals surface area contributed by atoms with Crippen molar-refractivity contribution in [3.63, 3.8) is 0 Å². The fraction of sp³-hybridized carbons (Fsp3) is 0.100. The van der Waals surface area contributed by atoms with Gasteiger partial charge in [-0.2, -0.15) is 0 Å². The highest BCUT2D eigenvalue weighted by Crippen LogP contribution is 2.49. The number of rotatable bonds is 8. The predicted octanol–water partition coefficient (Wildman–Crippen LogP) is 5.97. The summed E-state index contributed by atoms with van der Waals surface area (Å²) in [5.41, 5.74) is 16.2. The van der Waals surface area contributed by atoms with Gasteiger partial charge in [0, 0.05) is 50.7 Å². The smallest absolute Gasteiger partial charge is 0.322 e. The number of benzene rings is 2. The van der Waals surface area contributed by atoms with E-state index in [1.54, 1.807) is 30.5 Å². The number of anilines is 2. The number of hydrogen-bond donors (Lipinski definition) is 3. The summed E-state index contributed by atoms with van der Waals surface area (Å²) in [4.78, 5) is 38.3. The second-order valence-electron chi connectivity index (χ2n) is 9.28. The standard InChI is InChI=1S/C30H25FN6O3S/c1-15-4-9-20(22(12-15)37-29(39)16(2)13-31)25-23(24-26(41-25)21(28(33)38)14-35-27(24)32)18-5-7-19(8-6-18)40-30-34-11-10-17(3)36-30/h4-12,14H,2,13H2,1,3H3,(H2,32,35)(H2,33,38)(H,37,39). The Morgan fingerprint density at radius 1 is 1.10 bits per heavy atom. The summed E-state index contributed by atoms with van der Waals surface area (Å²) in [6, 6.07) is 14.7. The van der Waals surface area contributed by atoms with Gasteiger partial charge < -0.3 is 21.5 Å². The Kier molecular flexibility index (Phi) is 7.45. The van der Waals surface area contributed by atoms with E-state index in [4.69, 9.17) is 16.2 Å². The molecule has 0 aliphatic heterocycles. The molecule has 0 aliphatic rings. The number of halogens is 1. The summed E-state index contributed by atoms with van der Waals surface area (Å²) in [5.74, 6) is -0.571. The minimum Gasteiger partial charge on any atom is -0.424 e. The molecular weight excluding hydrogens is 543 g/mol. The summed E-state index contributed by atoms with van der Waals surface area (Å²) in [6.45, 7) is 6.24. The summed E-state index contributed by atoms with van der Waals surface area (Å²) < 4.78 is 19.5. The third-order valence-electron chi connectivity index (χ3n) is 6.28. The third kappa shape index (κ3) is 5.48. The zero-order valence-corrected chi connectivity index (χ0v) is 23.0. The molecule has 2 aromatic carbocycles. The number of nitrogens with one attached hydrogen (secondary N) is 1. The Morgan fingerprint density at radius 3 is 2.54 bits per heavy atom. The Hall–Kier alpha value is -5.16. The van der Waals surface area contributed by atoms with Gasteiger partial charge in [-0.3, -0.25) is 9.59 Å². The van der Waals surface area contributed by atoms with E-state index < -0.39 is 18.5 Å². The zero-order valence-electron chi connectivity index (χ0n) is 22.2. The molecule has 0 saturated carbocycles. The highest BCUT2D eigenvalue weighted by Gasteiger charge is 2.24. The predicted molar refractivity (Wildman–Crippen MR) is 159 cm³/mol. The van der Waals surface area contributed by atoms with E-state index in [0.717, 1.165) is 16.8 Å². The summed E-state index contributed by atoms with van der Waals surface area (Å²) >= 11 is 1.29. The number of primary amides is 1. The second-order valence-corrected chi connectivity index (χ2v) is 10.3. The average Bonchev–Trinajstić information content (AvgIpc) is 3.34. The van der Waals surface area contributed by atoms with Crippen molar-refractivity contribution < 1.29 is 18.7 Å². The number of fused-ring (bicyclic) bond motifs is 1. The van der Waals surface area contributed by atoms with Crippen LogP contribution < -0.4 is 21.5 Å². The van der Waals surface area contributed by atoms with Crippen LogP contribution in [0.3, 0.4) is 0 Å². The number of carbonyl (C=O) groups is 2. The molecule has 0 bridgehead atoms. The molecule has 0 radical (unpaired) electrons. The maximum atomic E-state index is 13.2. The summed E-state index contributed by atoms with van der Waals surface area (Å²) in [5, 5.41) is 3.32. The lowest BCUT2D eigenvalue weighted by molar-refractivity contribution is -0.113. The van der Waals surface area contributed by atoms with Crippen molar-refractivity contribution in [1.82, 2.24) is 15.0 Å². The quantitative estimate of drug-likeness (QED) is 0.195. The van der Waals surface area contributed by atoms with Crippen LogP contribution in [-0.2, 0) is 4.79 Å². The largest absolute Gasteiger partial charge is 0.424 e. The average molecular weight is 569 g/mol. The first-order chi connectivity index (χ1) is 19.7. The van der Waals surface area contributed by atoms with Crippen LogP contribution in [0.15, 0.2) is 73.1 Å². The van der Waals surface area contributed by atoms with E-state index in [1.165, 1.54) is 17.5 Å². The first-order valence-electron chi connectivity index (χ1n) is 12.4. The van der Waals surface area contributed by atoms with Gasteiger partial charge >= 0.3 is 6.01 Å². The number of amides is 2. The minimum absolute atomic E-state index is 0.202. The van der Waals surface area contributed by atoms with Crippen LogP contribution in [0.25, 0.3) is 31.7 Å². The second kappa shape index (κ2) is 11.1. The van der Waals surface area contributed by atoms with Gasteiger partial charge in [-0.15, -0.1) is 11.3 Å². The van der Waals surface area contributed by atoms with Crippen LogP contribution >= 0.6 is 11.3 Å². The monoisotopic (exact) mass is 568 g/mol. The molecule has 5 N–H and O–H groups in total. The molecule has 0 atom stereocenters. The van der Waals surface area contributed by atoms with Crippen LogP contribution in [0, 0.1) is 13.8 Å². The maximum absolute atomic E-state index is 13.2. The molecule has 5 rings (SSSR count). The number of carbonyl (C=O) groups excluding carboxylic acids is 2. The SMILES string of the molecule is C=C(CF)C(=O)Nc1cc(C)ccc1-c1sc2c(C(N)=O)cnc(N)c2c1-c1ccc(Oc2nccc(C)n2)cc1. The van der Waals surface area contributed by atoms with Crippen LogP contribution in [0.2, 0.25) is 0 Å². The summed E-state index contributed by atoms with van der Waals surface area (Å²) in [7, 11) is 0. The maximum Gasteiger partial charge on any atom is 0.322 e. The van der Waals surface area contributed by atoms with Crippen molar-refractivity contribution in [2.24, 2.45) is 5.73 Å². The van der Waals surface area contributed by atoms with Crippen molar-refractivity contribution in [2.45, 2.75) is 13.8 Å². The number of pyridine rings is 1. The molecule has 0 unspecified atom stereocenters. The van der Waals surface area contributed by atoms with Crippen LogP contribution in [-0.4, -0.2) is 33.4 Å². The van der Waals surface area contributed by atoms with Gasteiger partial charge in [0.2, 0.25) is 0 Å². The number of nitrogen functional groups attached to an aromatic ring is 1. The van der Waals surface area contributed by atoms with Gasteiger partial charge in [-0.05, 0) is 49.2 Å². The van der Waals surface area contributed by atoms with Gasteiger partial charge in [0.05, 0.1) is 10.3 Å². The Morgan fingerprint density at radius 2 is 1.85 bits per heavy atom. The fourth-order valence-electron chi connectivity index (χ4n) is 4.26. The van der Waals surface area contributed by atoms with Gasteiger partial charge in [0.15, 0.2) is 0 Å². The molecule has 2 amide bonds. The minimum atomic E-state index is -0.979. The fourth-order valence-corrected chi connectivity index (χ4v) is 5.65. The molecular formula is C30H25FN6O3S. The Labute approximate surface area is 238 Å². The number of thiophene rings is 1. The van der Waals surface area contributed by atoms with E-state index in [9.17, 15) is 14.0 Å². The van der Waals surface area contributed by atoms with Crippen molar-refractivity contribution >= 4 is 44.7 Å². The molecule has 3 heterocycles. The molecule has 11 heteroatoms. The summed E-state index contributed by atoms with van der Waals surface area (Å²) in [6.07, 6.45) is 2.97. The topological polar surface area (TPSA) is 146 Å². The number of nitrogens with zero attached hydrogens (tertiary/aromatic N) is 3. The van der Waals surface area contributed by atoms with E-state index in [0.29, 0.717) is 37.5 Å². The molecule has 9 nitrogen and oxygen atoms in total. The molecule has 0 spiro atoms. The molecule has 0 fully saturated rings. The van der Waals surface area contributed by atoms with Gasteiger partial charge in [-0.25, -0.2) is 19.3 Å². The van der Waals surface area contributed by atoms with Crippen LogP contribution in [0.5, 0.6) is 11.8 Å². The van der Waals surface area contributed by atoms with E-state index in [-0.39, 0.29) is 23.0 Å². The lowest BCUT2D eigenvalue weighted by atomic mass is 9.97. The van der Waals surface area contributed by atoms with Crippen molar-refractivity contribution in [3.8, 4) is 33.3 Å². The van der Waals surface area contributed by atoms with Crippen molar-refractivity contribution in [2.75, 3.05) is 17.7 Å². The number of alkyl halides is 1. The number of aromatic nitrogens is 3. The van der Waals surface area contributed by atoms with Crippen molar-refractivity contribution in [1.29, 1.82) is 0 Å². The number of nitrogens with two attached hydrogens (primary N) is 2. The van der Waals surface area contributed by atoms with E-state index in [1.807, 2.05) is 38.1 Å². The van der Waals surface area contributed by atoms with Crippen LogP contribution in [0.1, 0.15) is 21.6 Å². The van der Waals surface area contributed by atoms with Gasteiger partial charge in [-0.1, -0.05) is 30.8 Å². The number of ether oxygens (including phenoxy) is 1. The number of hydrogen-bond acceptors (Lipinski definition) is 8. The van der Waals surface area contributed by atoms with Crippen molar-refractivity contribution in [3.05, 3.63) is 89.9 Å². The molecule has 3 aromatic heterocycles. The molecule has 0 aliphatic carbocycles. The normalized spacial score (nSPS) is 10.9. The van der Waals surface area contributed by atoms with E-state index in [2.05, 4.69) is 26.8 Å². The molecule has 5 aromatic rings. The zero-order chi connectivity index (χ0) is 29.3. The lowest BCUT2D eigenvalue weighted by Crippen LogP contribution is -2.15. The Balaban J connectivity index is 1.70. The lowest BCUT2D eigenvalue weighted by Gasteiger charge is -2.14. The first kappa shape index (κ1) is 27.4. The molecule has 206 valence electrons. The van der Waals surface area contributed by atoms with E-state index >= 15 is 0 Å². The van der Waals surface area contributed by atoms with Crippen LogP contribution in [0.4, 0.5) is 15.9 Å².